The average Bonchev–Trinajstić information content (AvgIpc) is 2.69. The van der Waals surface area contributed by atoms with Gasteiger partial charge < -0.3 is 0 Å². The van der Waals surface area contributed by atoms with Gasteiger partial charge in [-0.25, -0.2) is 37.3 Å². The zero-order chi connectivity index (χ0) is 20.4. The van der Waals surface area contributed by atoms with Crippen molar-refractivity contribution in [2.24, 2.45) is 5.10 Å². The molecule has 0 saturated carbocycles. The molecule has 3 rings (SSSR count). The number of hydrazone groups is 1. The quantitative estimate of drug-likeness (QED) is 0.224. The van der Waals surface area contributed by atoms with Gasteiger partial charge in [-0.2, -0.15) is 5.10 Å². The van der Waals surface area contributed by atoms with Crippen molar-refractivity contribution < 1.29 is 22.0 Å². The van der Waals surface area contributed by atoms with E-state index in [1.807, 2.05) is 30.3 Å². The van der Waals surface area contributed by atoms with Crippen molar-refractivity contribution in [3.63, 3.8) is 0 Å². The zero-order valence-electron chi connectivity index (χ0n) is 14.7. The summed E-state index contributed by atoms with van der Waals surface area (Å²) in [5, 5.41) is 3.68. The van der Waals surface area contributed by atoms with Crippen LogP contribution in [0.3, 0.4) is 0 Å². The molecule has 0 fully saturated rings. The molecule has 1 N–H and O–H groups in total. The summed E-state index contributed by atoms with van der Waals surface area (Å²) in [6, 6.07) is 10.9. The second kappa shape index (κ2) is 7.71. The first-order chi connectivity index (χ1) is 13.3. The largest absolute Gasteiger partial charge is 0.245 e. The van der Waals surface area contributed by atoms with Crippen molar-refractivity contribution in [1.29, 1.82) is 0 Å². The molecule has 0 amide bonds. The molecule has 0 bridgehead atoms. The number of aromatic nitrogens is 2. The number of halogens is 5. The number of hydrogen-bond donors (Lipinski definition) is 1. The third-order valence-electron chi connectivity index (χ3n) is 3.82. The van der Waals surface area contributed by atoms with Crippen molar-refractivity contribution >= 4 is 11.7 Å². The van der Waals surface area contributed by atoms with Crippen LogP contribution in [0.4, 0.5) is 27.9 Å². The molecule has 4 nitrogen and oxygen atoms in total. The van der Waals surface area contributed by atoms with Crippen molar-refractivity contribution in [2.75, 3.05) is 5.43 Å². The SMILES string of the molecule is C/C(=N\Nc1nc(C)cc(-c2ccccc2)n1)c1c(F)c(F)c(F)c(F)c1F. The lowest BCUT2D eigenvalue weighted by molar-refractivity contribution is 0.377. The van der Waals surface area contributed by atoms with E-state index in [2.05, 4.69) is 20.5 Å². The van der Waals surface area contributed by atoms with E-state index < -0.39 is 40.4 Å². The van der Waals surface area contributed by atoms with E-state index in [9.17, 15) is 22.0 Å². The molecule has 144 valence electrons. The van der Waals surface area contributed by atoms with Gasteiger partial charge in [-0.15, -0.1) is 0 Å². The Hall–Kier alpha value is -3.36. The van der Waals surface area contributed by atoms with Crippen molar-refractivity contribution in [2.45, 2.75) is 13.8 Å². The third-order valence-corrected chi connectivity index (χ3v) is 3.82. The molecule has 0 aliphatic rings. The predicted octanol–water partition coefficient (Wildman–Crippen LogP) is 4.98. The van der Waals surface area contributed by atoms with E-state index in [4.69, 9.17) is 0 Å². The molecule has 28 heavy (non-hydrogen) atoms. The fourth-order valence-corrected chi connectivity index (χ4v) is 2.49. The van der Waals surface area contributed by atoms with Crippen LogP contribution in [0.25, 0.3) is 11.3 Å². The number of rotatable bonds is 4. The van der Waals surface area contributed by atoms with Crippen molar-refractivity contribution in [1.82, 2.24) is 9.97 Å². The van der Waals surface area contributed by atoms with Crippen LogP contribution < -0.4 is 5.43 Å². The lowest BCUT2D eigenvalue weighted by atomic mass is 10.1. The van der Waals surface area contributed by atoms with E-state index in [1.54, 1.807) is 13.0 Å². The molecule has 1 aromatic heterocycles. The van der Waals surface area contributed by atoms with Crippen LogP contribution >= 0.6 is 0 Å². The summed E-state index contributed by atoms with van der Waals surface area (Å²) in [6.45, 7) is 2.80. The predicted molar refractivity (Wildman–Crippen MR) is 94.3 cm³/mol. The van der Waals surface area contributed by atoms with Crippen LogP contribution in [0.2, 0.25) is 0 Å². The maximum absolute atomic E-state index is 13.9. The Morgan fingerprint density at radius 3 is 2.04 bits per heavy atom. The first-order valence-corrected chi connectivity index (χ1v) is 8.02. The topological polar surface area (TPSA) is 50.2 Å². The summed E-state index contributed by atoms with van der Waals surface area (Å²) in [6.07, 6.45) is 0. The smallest absolute Gasteiger partial charge is 0.244 e. The summed E-state index contributed by atoms with van der Waals surface area (Å²) in [7, 11) is 0. The van der Waals surface area contributed by atoms with E-state index in [-0.39, 0.29) is 5.95 Å². The van der Waals surface area contributed by atoms with Crippen LogP contribution in [-0.2, 0) is 0 Å². The zero-order valence-corrected chi connectivity index (χ0v) is 14.7. The van der Waals surface area contributed by atoms with Gasteiger partial charge in [-0.3, -0.25) is 0 Å². The Kier molecular flexibility index (Phi) is 5.34. The van der Waals surface area contributed by atoms with Gasteiger partial charge in [0.1, 0.15) is 0 Å². The molecule has 0 unspecified atom stereocenters. The number of anilines is 1. The molecule has 0 saturated heterocycles. The minimum Gasteiger partial charge on any atom is -0.245 e. The highest BCUT2D eigenvalue weighted by Gasteiger charge is 2.27. The number of nitrogens with one attached hydrogen (secondary N) is 1. The highest BCUT2D eigenvalue weighted by molar-refractivity contribution is 5.99. The Morgan fingerprint density at radius 2 is 1.43 bits per heavy atom. The Morgan fingerprint density at radius 1 is 0.857 bits per heavy atom. The van der Waals surface area contributed by atoms with Gasteiger partial charge in [0.15, 0.2) is 23.3 Å². The molecular formula is C19H13F5N4. The lowest BCUT2D eigenvalue weighted by Gasteiger charge is -2.09. The normalized spacial score (nSPS) is 11.6. The Balaban J connectivity index is 1.96. The van der Waals surface area contributed by atoms with Crippen LogP contribution in [0.15, 0.2) is 41.5 Å². The Labute approximate surface area is 156 Å². The molecule has 2 aromatic carbocycles. The summed E-state index contributed by atoms with van der Waals surface area (Å²) >= 11 is 0. The van der Waals surface area contributed by atoms with Gasteiger partial charge in [0.25, 0.3) is 0 Å². The minimum atomic E-state index is -2.23. The maximum atomic E-state index is 13.9. The van der Waals surface area contributed by atoms with E-state index >= 15 is 0 Å². The van der Waals surface area contributed by atoms with Crippen molar-refractivity contribution in [3.8, 4) is 11.3 Å². The van der Waals surface area contributed by atoms with Crippen LogP contribution in [0.5, 0.6) is 0 Å². The van der Waals surface area contributed by atoms with Crippen LogP contribution in [0.1, 0.15) is 18.2 Å². The highest BCUT2D eigenvalue weighted by atomic mass is 19.2. The summed E-state index contributed by atoms with van der Waals surface area (Å²) < 4.78 is 67.6. The van der Waals surface area contributed by atoms with Gasteiger partial charge in [0, 0.05) is 11.3 Å². The molecule has 0 aliphatic carbocycles. The van der Waals surface area contributed by atoms with E-state index in [1.165, 1.54) is 0 Å². The van der Waals surface area contributed by atoms with Gasteiger partial charge in [-0.1, -0.05) is 30.3 Å². The van der Waals surface area contributed by atoms with Crippen LogP contribution in [-0.4, -0.2) is 15.7 Å². The fourth-order valence-electron chi connectivity index (χ4n) is 2.49. The van der Waals surface area contributed by atoms with Crippen molar-refractivity contribution in [3.05, 3.63) is 76.7 Å². The van der Waals surface area contributed by atoms with Gasteiger partial charge >= 0.3 is 0 Å². The molecule has 0 spiro atoms. The fraction of sp³-hybridized carbons (Fsp3) is 0.105. The lowest BCUT2D eigenvalue weighted by Crippen LogP contribution is -2.13. The molecule has 9 heteroatoms. The summed E-state index contributed by atoms with van der Waals surface area (Å²) in [5.41, 5.74) is 2.77. The van der Waals surface area contributed by atoms with Gasteiger partial charge in [0.2, 0.25) is 11.8 Å². The standard InChI is InChI=1S/C19H13F5N4/c1-9-8-12(11-6-4-3-5-7-11)26-19(25-9)28-27-10(2)13-14(20)16(22)18(24)17(23)15(13)21/h3-8H,1-2H3,(H,25,26,28)/b27-10+. The molecular weight excluding hydrogens is 379 g/mol. The number of hydrogen-bond acceptors (Lipinski definition) is 4. The van der Waals surface area contributed by atoms with Gasteiger partial charge in [0.05, 0.1) is 17.0 Å². The molecule has 0 aliphatic heterocycles. The molecule has 1 heterocycles. The Bertz CT molecular complexity index is 1040. The third kappa shape index (κ3) is 3.68. The molecule has 0 atom stereocenters. The number of aryl methyl sites for hydroxylation is 1. The molecule has 3 aromatic rings. The first-order valence-electron chi connectivity index (χ1n) is 8.02. The van der Waals surface area contributed by atoms with E-state index in [0.717, 1.165) is 12.5 Å². The highest BCUT2D eigenvalue weighted by Crippen LogP contribution is 2.24. The maximum Gasteiger partial charge on any atom is 0.244 e. The molecule has 0 radical (unpaired) electrons. The van der Waals surface area contributed by atoms with E-state index in [0.29, 0.717) is 11.4 Å². The number of benzene rings is 2. The minimum absolute atomic E-state index is 0.00192. The monoisotopic (exact) mass is 392 g/mol. The average molecular weight is 392 g/mol. The first kappa shape index (κ1) is 19.4. The number of nitrogens with zero attached hydrogens (tertiary/aromatic N) is 3. The van der Waals surface area contributed by atoms with Crippen LogP contribution in [0, 0.1) is 36.0 Å². The second-order valence-corrected chi connectivity index (χ2v) is 5.84. The van der Waals surface area contributed by atoms with Gasteiger partial charge in [-0.05, 0) is 19.9 Å². The second-order valence-electron chi connectivity index (χ2n) is 5.84. The summed E-state index contributed by atoms with van der Waals surface area (Å²) in [4.78, 5) is 8.33. The summed E-state index contributed by atoms with van der Waals surface area (Å²) in [5.74, 6) is -10.2.